The normalized spacial score (nSPS) is 16.6. The first-order valence-electron chi connectivity index (χ1n) is 13.1. The molecule has 0 amide bonds. The predicted molar refractivity (Wildman–Crippen MR) is 153 cm³/mol. The van der Waals surface area contributed by atoms with E-state index in [0.29, 0.717) is 50.7 Å². The van der Waals surface area contributed by atoms with E-state index in [1.165, 1.54) is 37.6 Å². The van der Waals surface area contributed by atoms with Crippen LogP contribution in [-0.2, 0) is 31.3 Å². The summed E-state index contributed by atoms with van der Waals surface area (Å²) in [5.41, 5.74) is -0.372. The number of nitrogens with zero attached hydrogens (tertiary/aromatic N) is 3. The molecular formula is C28H31N3O8S2. The maximum absolute atomic E-state index is 13.8. The third kappa shape index (κ3) is 5.53. The molecule has 1 aromatic carbocycles. The summed E-state index contributed by atoms with van der Waals surface area (Å²) < 4.78 is 43.4. The molecule has 1 fully saturated rings. The number of methoxy groups -OCH3 is 1. The van der Waals surface area contributed by atoms with Gasteiger partial charge in [0.2, 0.25) is 5.89 Å². The zero-order valence-electron chi connectivity index (χ0n) is 23.1. The van der Waals surface area contributed by atoms with Crippen LogP contribution in [0.5, 0.6) is 5.75 Å². The fourth-order valence-electron chi connectivity index (χ4n) is 5.01. The van der Waals surface area contributed by atoms with E-state index in [4.69, 9.17) is 13.9 Å². The monoisotopic (exact) mass is 601 g/mol. The van der Waals surface area contributed by atoms with Gasteiger partial charge in [0, 0.05) is 12.0 Å². The van der Waals surface area contributed by atoms with Crippen LogP contribution < -0.4 is 10.3 Å². The minimum absolute atomic E-state index is 0.0418. The number of carbonyl (C=O) groups is 1. The molecule has 13 heteroatoms. The number of sulfone groups is 1. The molecule has 11 nitrogen and oxygen atoms in total. The molecule has 4 aromatic rings. The highest BCUT2D eigenvalue weighted by atomic mass is 32.2. The molecule has 0 aliphatic carbocycles. The Kier molecular flexibility index (Phi) is 7.79. The lowest BCUT2D eigenvalue weighted by molar-refractivity contribution is -0.146. The van der Waals surface area contributed by atoms with Crippen LogP contribution in [0.2, 0.25) is 0 Å². The topological polar surface area (TPSA) is 151 Å². The number of thiophene rings is 1. The maximum Gasteiger partial charge on any atom is 0.331 e. The molecule has 0 radical (unpaired) electrons. The molecule has 1 atom stereocenters. The molecule has 0 saturated carbocycles. The fraction of sp³-hybridized carbons (Fsp3) is 0.429. The lowest BCUT2D eigenvalue weighted by atomic mass is 10.0. The molecule has 0 bridgehead atoms. The standard InChI is InChI=1S/C28H31N3O8S2/c1-16-22-24(40-23(16)25-29-11-12-38-25)19(30-31(26(22)32)28(2,3)27(33)34)15-21(18-7-5-6-8-20(18)37-4)39-17-9-13-41(35,36)14-10-17/h5-8,11-12,17,21H,9-10,13-15H2,1-4H3,(H,33,34)/t21-/m0/s1. The number of para-hydroxylation sites is 1. The van der Waals surface area contributed by atoms with Crippen LogP contribution in [0, 0.1) is 6.92 Å². The molecule has 0 unspecified atom stereocenters. The number of aryl methyl sites for hydroxylation is 1. The minimum Gasteiger partial charge on any atom is -0.496 e. The molecule has 218 valence electrons. The average Bonchev–Trinajstić information content (AvgIpc) is 3.59. The summed E-state index contributed by atoms with van der Waals surface area (Å²) in [5, 5.41) is 15.0. The van der Waals surface area contributed by atoms with Crippen molar-refractivity contribution in [3.05, 3.63) is 63.9 Å². The molecule has 0 spiro atoms. The lowest BCUT2D eigenvalue weighted by Crippen LogP contribution is -2.44. The van der Waals surface area contributed by atoms with Crippen molar-refractivity contribution in [1.82, 2.24) is 14.8 Å². The number of oxazole rings is 1. The van der Waals surface area contributed by atoms with Crippen LogP contribution in [-0.4, -0.2) is 59.0 Å². The lowest BCUT2D eigenvalue weighted by Gasteiger charge is -2.29. The molecular weight excluding hydrogens is 570 g/mol. The Morgan fingerprint density at radius 2 is 1.98 bits per heavy atom. The van der Waals surface area contributed by atoms with Crippen molar-refractivity contribution in [2.75, 3.05) is 18.6 Å². The molecule has 1 aliphatic heterocycles. The van der Waals surface area contributed by atoms with Gasteiger partial charge in [0.05, 0.1) is 57.7 Å². The van der Waals surface area contributed by atoms with Crippen molar-refractivity contribution in [3.8, 4) is 16.5 Å². The molecule has 5 rings (SSSR count). The SMILES string of the molecule is COc1ccccc1[C@H](Cc1nn(C(C)(C)C(=O)O)c(=O)c2c(C)c(-c3ncco3)sc12)OC1CCS(=O)(=O)CC1. The van der Waals surface area contributed by atoms with Gasteiger partial charge in [-0.05, 0) is 45.2 Å². The fourth-order valence-corrected chi connectivity index (χ4v) is 7.69. The van der Waals surface area contributed by atoms with Crippen molar-refractivity contribution in [2.45, 2.75) is 57.8 Å². The quantitative estimate of drug-likeness (QED) is 0.297. The highest BCUT2D eigenvalue weighted by Gasteiger charge is 2.35. The summed E-state index contributed by atoms with van der Waals surface area (Å²) in [7, 11) is -1.54. The first-order chi connectivity index (χ1) is 19.4. The van der Waals surface area contributed by atoms with Crippen molar-refractivity contribution >= 4 is 37.2 Å². The van der Waals surface area contributed by atoms with Gasteiger partial charge in [-0.3, -0.25) is 4.79 Å². The van der Waals surface area contributed by atoms with E-state index in [9.17, 15) is 23.1 Å². The molecule has 1 aliphatic rings. The zero-order valence-corrected chi connectivity index (χ0v) is 24.8. The molecule has 1 N–H and O–H groups in total. The van der Waals surface area contributed by atoms with Gasteiger partial charge in [-0.2, -0.15) is 5.10 Å². The van der Waals surface area contributed by atoms with Crippen LogP contribution in [0.1, 0.15) is 49.6 Å². The van der Waals surface area contributed by atoms with Crippen molar-refractivity contribution in [3.63, 3.8) is 0 Å². The van der Waals surface area contributed by atoms with Crippen LogP contribution in [0.15, 0.2) is 45.9 Å². The van der Waals surface area contributed by atoms with E-state index in [-0.39, 0.29) is 24.0 Å². The highest BCUT2D eigenvalue weighted by Crippen LogP contribution is 2.40. The van der Waals surface area contributed by atoms with Crippen LogP contribution in [0.3, 0.4) is 0 Å². The Hall–Kier alpha value is -3.55. The number of hydrogen-bond acceptors (Lipinski definition) is 10. The Balaban J connectivity index is 1.68. The molecule has 1 saturated heterocycles. The van der Waals surface area contributed by atoms with Gasteiger partial charge in [-0.25, -0.2) is 22.9 Å². The van der Waals surface area contributed by atoms with Crippen LogP contribution in [0.25, 0.3) is 20.9 Å². The smallest absolute Gasteiger partial charge is 0.331 e. The van der Waals surface area contributed by atoms with Crippen LogP contribution >= 0.6 is 11.3 Å². The summed E-state index contributed by atoms with van der Waals surface area (Å²) in [5.74, 6) is -0.197. The summed E-state index contributed by atoms with van der Waals surface area (Å²) in [6.45, 7) is 4.62. The van der Waals surface area contributed by atoms with Crippen molar-refractivity contribution in [1.29, 1.82) is 0 Å². The predicted octanol–water partition coefficient (Wildman–Crippen LogP) is 4.13. The highest BCUT2D eigenvalue weighted by molar-refractivity contribution is 7.91. The largest absolute Gasteiger partial charge is 0.496 e. The molecule has 4 heterocycles. The number of rotatable bonds is 9. The second-order valence-electron chi connectivity index (χ2n) is 10.5. The second kappa shape index (κ2) is 11.0. The Morgan fingerprint density at radius 3 is 2.61 bits per heavy atom. The number of aromatic nitrogens is 3. The first kappa shape index (κ1) is 29.0. The van der Waals surface area contributed by atoms with E-state index >= 15 is 0 Å². The van der Waals surface area contributed by atoms with Crippen molar-refractivity contribution in [2.24, 2.45) is 0 Å². The van der Waals surface area contributed by atoms with Gasteiger partial charge in [0.15, 0.2) is 15.4 Å². The van der Waals surface area contributed by atoms with E-state index in [2.05, 4.69) is 10.1 Å². The molecule has 3 aromatic heterocycles. The number of fused-ring (bicyclic) bond motifs is 1. The van der Waals surface area contributed by atoms with E-state index < -0.39 is 33.0 Å². The summed E-state index contributed by atoms with van der Waals surface area (Å²) >= 11 is 1.30. The number of benzene rings is 1. The van der Waals surface area contributed by atoms with E-state index in [1.54, 1.807) is 14.0 Å². The van der Waals surface area contributed by atoms with Crippen molar-refractivity contribution < 1.29 is 32.2 Å². The summed E-state index contributed by atoms with van der Waals surface area (Å²) in [6, 6.07) is 7.37. The second-order valence-corrected chi connectivity index (χ2v) is 13.9. The van der Waals surface area contributed by atoms with E-state index in [1.807, 2.05) is 24.3 Å². The average molecular weight is 602 g/mol. The number of hydrogen-bond donors (Lipinski definition) is 1. The summed E-state index contributed by atoms with van der Waals surface area (Å²) in [6.07, 6.45) is 2.89. The van der Waals surface area contributed by atoms with E-state index in [0.717, 1.165) is 10.2 Å². The van der Waals surface area contributed by atoms with Gasteiger partial charge < -0.3 is 19.0 Å². The molecule has 41 heavy (non-hydrogen) atoms. The Morgan fingerprint density at radius 1 is 1.27 bits per heavy atom. The van der Waals surface area contributed by atoms with Gasteiger partial charge in [-0.1, -0.05) is 18.2 Å². The van der Waals surface area contributed by atoms with Gasteiger partial charge in [0.1, 0.15) is 12.0 Å². The van der Waals surface area contributed by atoms with Gasteiger partial charge >= 0.3 is 5.97 Å². The first-order valence-corrected chi connectivity index (χ1v) is 15.7. The Bertz CT molecular complexity index is 1740. The minimum atomic E-state index is -3.10. The maximum atomic E-state index is 13.8. The number of aliphatic carboxylic acids is 1. The van der Waals surface area contributed by atoms with Gasteiger partial charge in [0.25, 0.3) is 5.56 Å². The third-order valence-corrected chi connectivity index (χ3v) is 10.5. The number of carboxylic acid groups (broad SMARTS) is 1. The van der Waals surface area contributed by atoms with Crippen LogP contribution in [0.4, 0.5) is 0 Å². The third-order valence-electron chi connectivity index (χ3n) is 7.44. The zero-order chi connectivity index (χ0) is 29.5. The summed E-state index contributed by atoms with van der Waals surface area (Å²) in [4.78, 5) is 30.9. The Labute approximate surface area is 240 Å². The number of carboxylic acids is 1. The number of ether oxygens (including phenoxy) is 2. The van der Waals surface area contributed by atoms with Gasteiger partial charge in [-0.15, -0.1) is 11.3 Å².